The number of aromatic nitrogens is 4. The summed E-state index contributed by atoms with van der Waals surface area (Å²) in [4.78, 5) is 44.9. The molecule has 0 saturated carbocycles. The number of nitrogens with zero attached hydrogens (tertiary/aromatic N) is 5. The van der Waals surface area contributed by atoms with E-state index in [4.69, 9.17) is 0 Å². The number of fused-ring (bicyclic) bond motifs is 1. The van der Waals surface area contributed by atoms with Crippen LogP contribution in [0.4, 0.5) is 5.69 Å². The number of rotatable bonds is 5. The number of non-ortho nitro benzene ring substituents is 1. The molecule has 0 atom stereocenters. The van der Waals surface area contributed by atoms with Crippen molar-refractivity contribution in [2.24, 2.45) is 14.1 Å². The van der Waals surface area contributed by atoms with Crippen LogP contribution >= 0.6 is 27.7 Å². The Kier molecular flexibility index (Phi) is 5.94. The Hall–Kier alpha value is -3.31. The van der Waals surface area contributed by atoms with Crippen LogP contribution in [-0.4, -0.2) is 24.0 Å². The largest absolute Gasteiger partial charge is 0.332 e. The third-order valence-electron chi connectivity index (χ3n) is 4.89. The number of benzene rings is 2. The van der Waals surface area contributed by atoms with Crippen LogP contribution in [0, 0.1) is 10.1 Å². The first-order valence-electron chi connectivity index (χ1n) is 9.36. The molecular formula is C21H16BrN5O4S. The highest BCUT2D eigenvalue weighted by molar-refractivity contribution is 9.10. The molecule has 0 aliphatic carbocycles. The lowest BCUT2D eigenvalue weighted by Gasteiger charge is -2.12. The number of thioether (sulfide) groups is 1. The summed E-state index contributed by atoms with van der Waals surface area (Å²) in [5.41, 5.74) is 0.747. The van der Waals surface area contributed by atoms with Crippen molar-refractivity contribution in [2.45, 2.75) is 10.8 Å². The first-order valence-corrected chi connectivity index (χ1v) is 11.1. The minimum absolute atomic E-state index is 0.0550. The third kappa shape index (κ3) is 4.08. The molecule has 0 spiro atoms. The van der Waals surface area contributed by atoms with Crippen molar-refractivity contribution in [1.82, 2.24) is 19.1 Å². The summed E-state index contributed by atoms with van der Waals surface area (Å²) in [7, 11) is 2.96. The van der Waals surface area contributed by atoms with E-state index in [9.17, 15) is 19.7 Å². The second kappa shape index (κ2) is 8.67. The lowest BCUT2D eigenvalue weighted by atomic mass is 10.2. The van der Waals surface area contributed by atoms with Crippen LogP contribution in [0.3, 0.4) is 0 Å². The van der Waals surface area contributed by atoms with Gasteiger partial charge in [-0.2, -0.15) is 0 Å². The van der Waals surface area contributed by atoms with Crippen molar-refractivity contribution >= 4 is 44.4 Å². The molecule has 0 N–H and O–H groups in total. The molecule has 4 rings (SSSR count). The van der Waals surface area contributed by atoms with Crippen molar-refractivity contribution in [3.8, 4) is 11.4 Å². The zero-order valence-corrected chi connectivity index (χ0v) is 19.4. The average molecular weight is 514 g/mol. The van der Waals surface area contributed by atoms with E-state index in [1.54, 1.807) is 19.2 Å². The van der Waals surface area contributed by atoms with Gasteiger partial charge in [-0.1, -0.05) is 28.1 Å². The van der Waals surface area contributed by atoms with Crippen molar-refractivity contribution in [3.05, 3.63) is 89.5 Å². The topological polar surface area (TPSA) is 113 Å². The Morgan fingerprint density at radius 2 is 1.66 bits per heavy atom. The standard InChI is InChI=1S/C21H16BrN5O4S/c1-25-18-16(20(28)26(2)21(25)29)19(32-11-12-3-7-14(22)8-4-12)24-17(23-18)13-5-9-15(10-6-13)27(30)31/h3-10H,11H2,1-2H3. The number of halogens is 1. The van der Waals surface area contributed by atoms with Crippen LogP contribution in [-0.2, 0) is 19.8 Å². The fraction of sp³-hybridized carbons (Fsp3) is 0.143. The summed E-state index contributed by atoms with van der Waals surface area (Å²) in [5, 5.41) is 11.6. The van der Waals surface area contributed by atoms with Crippen molar-refractivity contribution in [3.63, 3.8) is 0 Å². The molecule has 0 aliphatic heterocycles. The first-order chi connectivity index (χ1) is 15.3. The summed E-state index contributed by atoms with van der Waals surface area (Å²) in [5.74, 6) is 0.819. The van der Waals surface area contributed by atoms with E-state index in [0.717, 1.165) is 14.6 Å². The van der Waals surface area contributed by atoms with E-state index in [1.807, 2.05) is 24.3 Å². The van der Waals surface area contributed by atoms with Gasteiger partial charge in [0, 0.05) is 42.0 Å². The summed E-state index contributed by atoms with van der Waals surface area (Å²) in [6.07, 6.45) is 0. The maximum absolute atomic E-state index is 12.9. The highest BCUT2D eigenvalue weighted by Gasteiger charge is 2.18. The number of hydrogen-bond acceptors (Lipinski definition) is 7. The molecule has 4 aromatic rings. The van der Waals surface area contributed by atoms with Gasteiger partial charge in [-0.15, -0.1) is 11.8 Å². The Morgan fingerprint density at radius 1 is 1.00 bits per heavy atom. The van der Waals surface area contributed by atoms with Gasteiger partial charge in [0.05, 0.1) is 4.92 Å². The van der Waals surface area contributed by atoms with E-state index in [2.05, 4.69) is 25.9 Å². The van der Waals surface area contributed by atoms with E-state index >= 15 is 0 Å². The minimum atomic E-state index is -0.500. The quantitative estimate of drug-likeness (QED) is 0.173. The van der Waals surface area contributed by atoms with Crippen molar-refractivity contribution in [1.29, 1.82) is 0 Å². The maximum Gasteiger partial charge on any atom is 0.332 e. The monoisotopic (exact) mass is 513 g/mol. The Balaban J connectivity index is 1.88. The lowest BCUT2D eigenvalue weighted by Crippen LogP contribution is -2.37. The Labute approximate surface area is 194 Å². The maximum atomic E-state index is 12.9. The van der Waals surface area contributed by atoms with Gasteiger partial charge in [0.2, 0.25) is 0 Å². The molecule has 0 radical (unpaired) electrons. The fourth-order valence-corrected chi connectivity index (χ4v) is 4.36. The van der Waals surface area contributed by atoms with Gasteiger partial charge in [-0.25, -0.2) is 14.8 Å². The lowest BCUT2D eigenvalue weighted by molar-refractivity contribution is -0.384. The van der Waals surface area contributed by atoms with Gasteiger partial charge in [-0.05, 0) is 29.8 Å². The molecule has 162 valence electrons. The van der Waals surface area contributed by atoms with Crippen LogP contribution in [0.15, 0.2) is 67.6 Å². The van der Waals surface area contributed by atoms with Gasteiger partial charge in [0.1, 0.15) is 10.4 Å². The normalized spacial score (nSPS) is 11.1. The van der Waals surface area contributed by atoms with Gasteiger partial charge in [-0.3, -0.25) is 24.0 Å². The summed E-state index contributed by atoms with van der Waals surface area (Å²) >= 11 is 4.77. The average Bonchev–Trinajstić information content (AvgIpc) is 2.80. The van der Waals surface area contributed by atoms with Crippen LogP contribution < -0.4 is 11.2 Å². The fourth-order valence-electron chi connectivity index (χ4n) is 3.13. The molecule has 0 saturated heterocycles. The van der Waals surface area contributed by atoms with Crippen LogP contribution in [0.5, 0.6) is 0 Å². The smallest absolute Gasteiger partial charge is 0.280 e. The van der Waals surface area contributed by atoms with Gasteiger partial charge in [0.15, 0.2) is 11.5 Å². The van der Waals surface area contributed by atoms with E-state index in [-0.39, 0.29) is 22.5 Å². The molecule has 11 heteroatoms. The predicted molar refractivity (Wildman–Crippen MR) is 126 cm³/mol. The number of hydrogen-bond donors (Lipinski definition) is 0. The highest BCUT2D eigenvalue weighted by atomic mass is 79.9. The Bertz CT molecular complexity index is 1460. The van der Waals surface area contributed by atoms with Crippen molar-refractivity contribution < 1.29 is 4.92 Å². The van der Waals surface area contributed by atoms with Crippen LogP contribution in [0.1, 0.15) is 5.56 Å². The summed E-state index contributed by atoms with van der Waals surface area (Å²) < 4.78 is 3.29. The third-order valence-corrected chi connectivity index (χ3v) is 6.47. The number of nitro benzene ring substituents is 1. The van der Waals surface area contributed by atoms with Gasteiger partial charge >= 0.3 is 5.69 Å². The second-order valence-electron chi connectivity index (χ2n) is 6.98. The molecule has 0 fully saturated rings. The van der Waals surface area contributed by atoms with Gasteiger partial charge in [0.25, 0.3) is 11.2 Å². The first kappa shape index (κ1) is 21.9. The molecule has 0 amide bonds. The summed E-state index contributed by atoms with van der Waals surface area (Å²) in [6.45, 7) is 0. The molecule has 0 bridgehead atoms. The van der Waals surface area contributed by atoms with E-state index in [0.29, 0.717) is 16.3 Å². The number of nitro groups is 1. The van der Waals surface area contributed by atoms with E-state index in [1.165, 1.54) is 35.5 Å². The molecule has 2 heterocycles. The number of aryl methyl sites for hydroxylation is 1. The van der Waals surface area contributed by atoms with Gasteiger partial charge < -0.3 is 0 Å². The molecule has 32 heavy (non-hydrogen) atoms. The van der Waals surface area contributed by atoms with Crippen LogP contribution in [0.2, 0.25) is 0 Å². The predicted octanol–water partition coefficient (Wildman–Crippen LogP) is 3.66. The van der Waals surface area contributed by atoms with Crippen molar-refractivity contribution in [2.75, 3.05) is 0 Å². The zero-order chi connectivity index (χ0) is 23.0. The SMILES string of the molecule is Cn1c(=O)c2c(SCc3ccc(Br)cc3)nc(-c3ccc([N+](=O)[O-])cc3)nc2n(C)c1=O. The zero-order valence-electron chi connectivity index (χ0n) is 17.0. The minimum Gasteiger partial charge on any atom is -0.280 e. The summed E-state index contributed by atoms with van der Waals surface area (Å²) in [6, 6.07) is 13.6. The second-order valence-corrected chi connectivity index (χ2v) is 8.86. The molecule has 0 aliphatic rings. The molecular weight excluding hydrogens is 498 g/mol. The molecule has 9 nitrogen and oxygen atoms in total. The van der Waals surface area contributed by atoms with E-state index < -0.39 is 16.2 Å². The molecule has 0 unspecified atom stereocenters. The highest BCUT2D eigenvalue weighted by Crippen LogP contribution is 2.29. The Morgan fingerprint density at radius 3 is 2.28 bits per heavy atom. The molecule has 2 aromatic heterocycles. The molecule has 2 aromatic carbocycles. The van der Waals surface area contributed by atoms with Crippen LogP contribution in [0.25, 0.3) is 22.4 Å².